The molecule has 0 bridgehead atoms. The first-order valence-electron chi connectivity index (χ1n) is 9.09. The van der Waals surface area contributed by atoms with Crippen molar-refractivity contribution >= 4 is 34.8 Å². The van der Waals surface area contributed by atoms with Gasteiger partial charge in [-0.15, -0.1) is 0 Å². The first-order chi connectivity index (χ1) is 12.7. The van der Waals surface area contributed by atoms with E-state index in [-0.39, 0.29) is 6.04 Å². The van der Waals surface area contributed by atoms with E-state index in [1.165, 1.54) is 0 Å². The number of nitrogens with zero attached hydrogens (tertiary/aromatic N) is 3. The van der Waals surface area contributed by atoms with E-state index in [1.54, 1.807) is 4.68 Å². The maximum Gasteiger partial charge on any atom is 0.407 e. The lowest BCUT2D eigenvalue weighted by atomic mass is 10.1. The summed E-state index contributed by atoms with van der Waals surface area (Å²) in [4.78, 5) is 25.4. The van der Waals surface area contributed by atoms with Crippen LogP contribution >= 0.6 is 0 Å². The predicted molar refractivity (Wildman–Crippen MR) is 105 cm³/mol. The van der Waals surface area contributed by atoms with Crippen molar-refractivity contribution in [1.29, 1.82) is 0 Å². The van der Waals surface area contributed by atoms with Crippen molar-refractivity contribution in [3.05, 3.63) is 17.8 Å². The van der Waals surface area contributed by atoms with E-state index < -0.39 is 11.7 Å². The van der Waals surface area contributed by atoms with Crippen molar-refractivity contribution in [3.8, 4) is 0 Å². The lowest BCUT2D eigenvalue weighted by Crippen LogP contribution is -2.40. The van der Waals surface area contributed by atoms with Gasteiger partial charge in [0.25, 0.3) is 0 Å². The summed E-state index contributed by atoms with van der Waals surface area (Å²) < 4.78 is 7.13. The zero-order valence-electron chi connectivity index (χ0n) is 16.5. The van der Waals surface area contributed by atoms with Gasteiger partial charge in [0.15, 0.2) is 0 Å². The summed E-state index contributed by atoms with van der Waals surface area (Å²) in [6.45, 7) is 8.91. The molecule has 2 aromatic rings. The van der Waals surface area contributed by atoms with Crippen LogP contribution in [-0.4, -0.2) is 47.0 Å². The number of hydrogen-bond acceptors (Lipinski definition) is 5. The molecule has 2 N–H and O–H groups in total. The number of nitrogens with one attached hydrogen (secondary N) is 2. The first-order valence-corrected chi connectivity index (χ1v) is 9.09. The van der Waals surface area contributed by atoms with Gasteiger partial charge >= 0.3 is 6.09 Å². The highest BCUT2D eigenvalue weighted by molar-refractivity contribution is 6.02. The van der Waals surface area contributed by atoms with Gasteiger partial charge in [0, 0.05) is 31.7 Å². The Balaban J connectivity index is 1.85. The van der Waals surface area contributed by atoms with E-state index in [2.05, 4.69) is 20.6 Å². The molecule has 1 aliphatic rings. The Hall–Kier alpha value is -2.77. The summed E-state index contributed by atoms with van der Waals surface area (Å²) in [6, 6.07) is 1.92. The summed E-state index contributed by atoms with van der Waals surface area (Å²) in [7, 11) is 1.88. The van der Waals surface area contributed by atoms with Crippen molar-refractivity contribution < 1.29 is 14.3 Å². The Kier molecular flexibility index (Phi) is 4.99. The van der Waals surface area contributed by atoms with E-state index in [1.807, 2.05) is 47.0 Å². The Morgan fingerprint density at radius 3 is 2.81 bits per heavy atom. The number of benzene rings is 1. The van der Waals surface area contributed by atoms with Crippen molar-refractivity contribution in [2.45, 2.75) is 45.8 Å². The second kappa shape index (κ2) is 7.09. The Morgan fingerprint density at radius 1 is 1.41 bits per heavy atom. The summed E-state index contributed by atoms with van der Waals surface area (Å²) in [5.41, 5.74) is 3.07. The van der Waals surface area contributed by atoms with E-state index in [0.717, 1.165) is 40.8 Å². The molecule has 1 aromatic heterocycles. The molecule has 0 saturated carbocycles. The smallest absolute Gasteiger partial charge is 0.407 e. The molecule has 8 heteroatoms. The summed E-state index contributed by atoms with van der Waals surface area (Å²) >= 11 is 0. The fourth-order valence-corrected chi connectivity index (χ4v) is 3.52. The number of amides is 2. The van der Waals surface area contributed by atoms with Crippen LogP contribution < -0.4 is 15.5 Å². The van der Waals surface area contributed by atoms with Gasteiger partial charge in [0.1, 0.15) is 5.60 Å². The van der Waals surface area contributed by atoms with Gasteiger partial charge in [-0.3, -0.25) is 9.48 Å². The molecule has 1 saturated heterocycles. The molecule has 3 rings (SSSR count). The highest BCUT2D eigenvalue weighted by atomic mass is 16.6. The number of aromatic nitrogens is 2. The van der Waals surface area contributed by atoms with Crippen LogP contribution in [0.4, 0.5) is 16.2 Å². The average Bonchev–Trinajstić information content (AvgIpc) is 3.12. The number of carbonyl (C=O) groups excluding carboxylic acids is 2. The number of carbonyl (C=O) groups is 2. The van der Waals surface area contributed by atoms with Gasteiger partial charge in [-0.2, -0.15) is 5.10 Å². The number of rotatable bonds is 4. The third-order valence-corrected chi connectivity index (χ3v) is 4.51. The molecule has 8 nitrogen and oxygen atoms in total. The number of ether oxygens (including phenoxy) is 1. The van der Waals surface area contributed by atoms with Gasteiger partial charge < -0.3 is 20.3 Å². The van der Waals surface area contributed by atoms with Gasteiger partial charge in [0.05, 0.1) is 22.9 Å². The first kappa shape index (κ1) is 19.0. The molecule has 2 amide bonds. The van der Waals surface area contributed by atoms with Crippen LogP contribution in [0.3, 0.4) is 0 Å². The second-order valence-electron chi connectivity index (χ2n) is 7.99. The number of fused-ring (bicyclic) bond motifs is 1. The summed E-state index contributed by atoms with van der Waals surface area (Å²) in [5.74, 6) is 0. The van der Waals surface area contributed by atoms with Gasteiger partial charge in [-0.25, -0.2) is 4.79 Å². The van der Waals surface area contributed by atoms with E-state index >= 15 is 0 Å². The third-order valence-electron chi connectivity index (χ3n) is 4.51. The van der Waals surface area contributed by atoms with Gasteiger partial charge in [0.2, 0.25) is 6.41 Å². The molecule has 1 atom stereocenters. The number of aryl methyl sites for hydroxylation is 2. The van der Waals surface area contributed by atoms with Crippen LogP contribution in [0.5, 0.6) is 0 Å². The second-order valence-corrected chi connectivity index (χ2v) is 7.99. The van der Waals surface area contributed by atoms with Crippen LogP contribution in [-0.2, 0) is 16.6 Å². The molecule has 1 unspecified atom stereocenters. The van der Waals surface area contributed by atoms with Crippen molar-refractivity contribution in [2.75, 3.05) is 23.3 Å². The van der Waals surface area contributed by atoms with Crippen molar-refractivity contribution in [1.82, 2.24) is 15.1 Å². The monoisotopic (exact) mass is 373 g/mol. The Labute approximate surface area is 158 Å². The van der Waals surface area contributed by atoms with E-state index in [0.29, 0.717) is 13.0 Å². The van der Waals surface area contributed by atoms with Crippen LogP contribution in [0.25, 0.3) is 10.9 Å². The lowest BCUT2D eigenvalue weighted by Gasteiger charge is -2.24. The van der Waals surface area contributed by atoms with Crippen molar-refractivity contribution in [2.24, 2.45) is 7.05 Å². The molecule has 1 aliphatic heterocycles. The molecule has 0 aliphatic carbocycles. The minimum atomic E-state index is -0.526. The zero-order valence-corrected chi connectivity index (χ0v) is 16.5. The Morgan fingerprint density at radius 2 is 2.15 bits per heavy atom. The normalized spacial score (nSPS) is 17.2. The predicted octanol–water partition coefficient (Wildman–Crippen LogP) is 2.55. The fourth-order valence-electron chi connectivity index (χ4n) is 3.52. The molecule has 27 heavy (non-hydrogen) atoms. The quantitative estimate of drug-likeness (QED) is 0.804. The van der Waals surface area contributed by atoms with Gasteiger partial charge in [-0.1, -0.05) is 0 Å². The molecule has 2 heterocycles. The molecule has 146 valence electrons. The van der Waals surface area contributed by atoms with Crippen LogP contribution in [0.15, 0.2) is 12.3 Å². The maximum absolute atomic E-state index is 12.1. The topological polar surface area (TPSA) is 88.5 Å². The van der Waals surface area contributed by atoms with Crippen LogP contribution in [0.2, 0.25) is 0 Å². The highest BCUT2D eigenvalue weighted by Crippen LogP contribution is 2.38. The number of alkyl carbamates (subject to hydrolysis) is 1. The number of anilines is 2. The molecule has 1 fully saturated rings. The summed E-state index contributed by atoms with van der Waals surface area (Å²) in [6.07, 6.45) is 3.04. The minimum absolute atomic E-state index is 0.0167. The van der Waals surface area contributed by atoms with E-state index in [9.17, 15) is 9.59 Å². The third kappa shape index (κ3) is 4.15. The number of hydrogen-bond donors (Lipinski definition) is 2. The minimum Gasteiger partial charge on any atom is -0.444 e. The zero-order chi connectivity index (χ0) is 19.8. The van der Waals surface area contributed by atoms with Crippen LogP contribution in [0, 0.1) is 6.92 Å². The highest BCUT2D eigenvalue weighted by Gasteiger charge is 2.29. The van der Waals surface area contributed by atoms with Gasteiger partial charge in [-0.05, 0) is 45.7 Å². The molecule has 1 aromatic carbocycles. The van der Waals surface area contributed by atoms with Crippen LogP contribution in [0.1, 0.15) is 32.8 Å². The molecular weight excluding hydrogens is 346 g/mol. The average molecular weight is 373 g/mol. The Bertz CT molecular complexity index is 868. The standard InChI is InChI=1S/C19H27N5O3/c1-12-8-15(20-11-25)17(14-10-23(5)22-16(12)14)24-7-6-13(9-24)21-18(26)27-19(2,3)4/h8,10-11,13H,6-7,9H2,1-5H3,(H,20,25)(H,21,26). The van der Waals surface area contributed by atoms with E-state index in [4.69, 9.17) is 4.74 Å². The maximum atomic E-state index is 12.1. The molecular formula is C19H27N5O3. The summed E-state index contributed by atoms with van der Waals surface area (Å²) in [5, 5.41) is 11.3. The molecule has 0 spiro atoms. The largest absolute Gasteiger partial charge is 0.444 e. The fraction of sp³-hybridized carbons (Fsp3) is 0.526. The van der Waals surface area contributed by atoms with Crippen molar-refractivity contribution in [3.63, 3.8) is 0 Å². The molecule has 0 radical (unpaired) electrons. The SMILES string of the molecule is Cc1cc(NC=O)c(N2CCC(NC(=O)OC(C)(C)C)C2)c2cn(C)nc12. The lowest BCUT2D eigenvalue weighted by molar-refractivity contribution is -0.105.